The van der Waals surface area contributed by atoms with Crippen LogP contribution in [0.1, 0.15) is 0 Å². The molecule has 0 radical (unpaired) electrons. The molecule has 0 saturated carbocycles. The lowest BCUT2D eigenvalue weighted by molar-refractivity contribution is 0.222. The van der Waals surface area contributed by atoms with Crippen molar-refractivity contribution in [2.45, 2.75) is 0 Å². The van der Waals surface area contributed by atoms with E-state index in [9.17, 15) is 0 Å². The van der Waals surface area contributed by atoms with Crippen LogP contribution in [0, 0.1) is 0 Å². The number of H-pyrrole nitrogens is 1. The van der Waals surface area contributed by atoms with E-state index in [1.165, 1.54) is 6.20 Å². The summed E-state index contributed by atoms with van der Waals surface area (Å²) in [7, 11) is 0. The Kier molecular flexibility index (Phi) is 0.259. The Morgan fingerprint density at radius 2 is 2.40 bits per heavy atom. The van der Waals surface area contributed by atoms with Gasteiger partial charge in [0, 0.05) is 0 Å². The molecule has 2 N–H and O–H groups in total. The molecule has 0 aromatic carbocycles. The van der Waals surface area contributed by atoms with Crippen molar-refractivity contribution in [3.63, 3.8) is 0 Å². The summed E-state index contributed by atoms with van der Waals surface area (Å²) in [6.07, 6.45) is 1.35. The fraction of sp³-hybridized carbons (Fsp3) is 0. The van der Waals surface area contributed by atoms with E-state index in [2.05, 4.69) is 9.68 Å². The Morgan fingerprint density at radius 1 is 2.00 bits per heavy atom. The second-order valence-electron chi connectivity index (χ2n) is 0.702. The van der Waals surface area contributed by atoms with Gasteiger partial charge in [-0.2, -0.15) is 0 Å². The Balaban J connectivity index is 2.83. The van der Waals surface area contributed by atoms with Crippen molar-refractivity contribution in [1.29, 1.82) is 0 Å². The molecule has 5 heavy (non-hydrogen) atoms. The summed E-state index contributed by atoms with van der Waals surface area (Å²) >= 11 is 0. The second kappa shape index (κ2) is 0.544. The monoisotopic (exact) mass is 73.0 g/mol. The molecular formula is C2H3NO2. The van der Waals surface area contributed by atoms with Gasteiger partial charge in [0.2, 0.25) is 0 Å². The number of rotatable bonds is 0. The van der Waals surface area contributed by atoms with Crippen molar-refractivity contribution in [2.24, 2.45) is 0 Å². The topological polar surface area (TPSA) is 49.2 Å². The molecule has 0 saturated heterocycles. The minimum absolute atomic E-state index is 0.0509. The molecule has 1 heterocycles. The third-order valence-corrected chi connectivity index (χ3v) is 0.346. The number of aromatic hydroxyl groups is 1. The third-order valence-electron chi connectivity index (χ3n) is 0.346. The molecule has 0 aliphatic heterocycles. The van der Waals surface area contributed by atoms with Gasteiger partial charge in [-0.25, -0.2) is 5.16 Å². The van der Waals surface area contributed by atoms with E-state index < -0.39 is 0 Å². The standard InChI is InChI=1S/C2H3NO2/c4-2-1-3-5-2/h1,3-4H. The maximum Gasteiger partial charge on any atom is 0.323 e. The molecule has 0 amide bonds. The number of aromatic nitrogens is 1. The van der Waals surface area contributed by atoms with E-state index in [1.54, 1.807) is 0 Å². The van der Waals surface area contributed by atoms with Crippen LogP contribution in [-0.4, -0.2) is 10.3 Å². The van der Waals surface area contributed by atoms with E-state index in [0.29, 0.717) is 0 Å². The number of hydrogen-bond donors (Lipinski definition) is 2. The van der Waals surface area contributed by atoms with Crippen molar-refractivity contribution in [2.75, 3.05) is 0 Å². The Hall–Kier alpha value is -0.860. The van der Waals surface area contributed by atoms with Crippen LogP contribution >= 0.6 is 0 Å². The lowest BCUT2D eigenvalue weighted by Gasteiger charge is -1.86. The predicted octanol–water partition coefficient (Wildman–Crippen LogP) is 0.313. The van der Waals surface area contributed by atoms with Crippen LogP contribution in [0.3, 0.4) is 0 Å². The molecule has 0 unspecified atom stereocenters. The smallest absolute Gasteiger partial charge is 0.323 e. The highest BCUT2D eigenvalue weighted by atomic mass is 16.6. The van der Waals surface area contributed by atoms with Crippen LogP contribution in [0.15, 0.2) is 10.7 Å². The Morgan fingerprint density at radius 3 is 2.40 bits per heavy atom. The van der Waals surface area contributed by atoms with Gasteiger partial charge in [-0.05, 0) is 0 Å². The normalized spacial score (nSPS) is 8.80. The highest BCUT2D eigenvalue weighted by Crippen LogP contribution is 2.02. The first kappa shape index (κ1) is 2.38. The summed E-state index contributed by atoms with van der Waals surface area (Å²) in [6.45, 7) is 0. The lowest BCUT2D eigenvalue weighted by atomic mass is 10.9. The van der Waals surface area contributed by atoms with Crippen LogP contribution in [0.2, 0.25) is 0 Å². The van der Waals surface area contributed by atoms with Crippen LogP contribution in [0.5, 0.6) is 5.95 Å². The maximum atomic E-state index is 8.02. The summed E-state index contributed by atoms with van der Waals surface area (Å²) in [4.78, 5) is 0. The largest absolute Gasteiger partial charge is 0.478 e. The minimum Gasteiger partial charge on any atom is -0.478 e. The van der Waals surface area contributed by atoms with Crippen molar-refractivity contribution in [1.82, 2.24) is 5.16 Å². The summed E-state index contributed by atoms with van der Waals surface area (Å²) < 4.78 is 4.10. The molecule has 0 fully saturated rings. The van der Waals surface area contributed by atoms with E-state index >= 15 is 0 Å². The zero-order valence-electron chi connectivity index (χ0n) is 2.43. The van der Waals surface area contributed by atoms with Gasteiger partial charge in [-0.3, -0.25) is 0 Å². The third kappa shape index (κ3) is 0.154. The van der Waals surface area contributed by atoms with Gasteiger partial charge < -0.3 is 9.63 Å². The molecular weight excluding hydrogens is 70.0 g/mol. The van der Waals surface area contributed by atoms with Gasteiger partial charge in [0.1, 0.15) is 6.20 Å². The molecule has 0 aliphatic rings. The number of aromatic amines is 1. The molecule has 1 rings (SSSR count). The fourth-order valence-electron chi connectivity index (χ4n) is 0.112. The Bertz CT molecular complexity index is 89.8. The zero-order chi connectivity index (χ0) is 3.70. The van der Waals surface area contributed by atoms with Crippen molar-refractivity contribution in [3.05, 3.63) is 6.20 Å². The highest BCUT2D eigenvalue weighted by molar-refractivity contribution is 4.89. The van der Waals surface area contributed by atoms with E-state index in [-0.39, 0.29) is 5.95 Å². The first-order chi connectivity index (χ1) is 2.39. The zero-order valence-corrected chi connectivity index (χ0v) is 2.43. The molecule has 28 valence electrons. The van der Waals surface area contributed by atoms with E-state index in [0.717, 1.165) is 0 Å². The van der Waals surface area contributed by atoms with Gasteiger partial charge in [0.25, 0.3) is 0 Å². The van der Waals surface area contributed by atoms with E-state index in [1.807, 2.05) is 0 Å². The van der Waals surface area contributed by atoms with Crippen molar-refractivity contribution < 1.29 is 9.63 Å². The van der Waals surface area contributed by atoms with Gasteiger partial charge in [0.15, 0.2) is 0 Å². The van der Waals surface area contributed by atoms with Gasteiger partial charge in [-0.15, -0.1) is 0 Å². The minimum atomic E-state index is -0.0509. The quantitative estimate of drug-likeness (QED) is 0.464. The molecule has 0 spiro atoms. The van der Waals surface area contributed by atoms with E-state index in [4.69, 9.17) is 5.11 Å². The van der Waals surface area contributed by atoms with Gasteiger partial charge in [-0.1, -0.05) is 0 Å². The second-order valence-corrected chi connectivity index (χ2v) is 0.702. The van der Waals surface area contributed by atoms with Gasteiger partial charge >= 0.3 is 5.95 Å². The summed E-state index contributed by atoms with van der Waals surface area (Å²) in [5, 5.41) is 10.3. The highest BCUT2D eigenvalue weighted by Gasteiger charge is 1.82. The summed E-state index contributed by atoms with van der Waals surface area (Å²) in [6, 6.07) is 0. The van der Waals surface area contributed by atoms with Crippen molar-refractivity contribution in [3.8, 4) is 5.95 Å². The molecule has 1 aromatic heterocycles. The number of nitrogens with one attached hydrogen (secondary N) is 1. The predicted molar refractivity (Wildman–Crippen MR) is 14.7 cm³/mol. The lowest BCUT2D eigenvalue weighted by Crippen LogP contribution is -1.69. The van der Waals surface area contributed by atoms with Crippen LogP contribution < -0.4 is 0 Å². The van der Waals surface area contributed by atoms with Crippen molar-refractivity contribution >= 4 is 0 Å². The average Bonchev–Trinajstić information content (AvgIpc) is 1.30. The van der Waals surface area contributed by atoms with Gasteiger partial charge in [0.05, 0.1) is 0 Å². The SMILES string of the molecule is Oc1c[nH]o1. The summed E-state index contributed by atoms with van der Waals surface area (Å²) in [5.74, 6) is -0.0509. The molecule has 3 nitrogen and oxygen atoms in total. The van der Waals surface area contributed by atoms with Crippen LogP contribution in [-0.2, 0) is 0 Å². The summed E-state index contributed by atoms with van der Waals surface area (Å²) in [5.41, 5.74) is 0. The van der Waals surface area contributed by atoms with Crippen LogP contribution in [0.4, 0.5) is 0 Å². The molecule has 1 aromatic rings. The molecule has 3 heteroatoms. The number of hydrogen-bond acceptors (Lipinski definition) is 2. The first-order valence-electron chi connectivity index (χ1n) is 1.21. The first-order valence-corrected chi connectivity index (χ1v) is 1.21. The molecule has 0 atom stereocenters. The molecule has 0 bridgehead atoms. The average molecular weight is 73.1 g/mol. The fourth-order valence-corrected chi connectivity index (χ4v) is 0.112. The Labute approximate surface area is 28.2 Å². The van der Waals surface area contributed by atoms with Crippen LogP contribution in [0.25, 0.3) is 0 Å². The maximum absolute atomic E-state index is 8.02. The molecule has 0 aliphatic carbocycles.